The summed E-state index contributed by atoms with van der Waals surface area (Å²) in [6.45, 7) is 4.85. The number of hydrogen-bond donors (Lipinski definition) is 1. The molecule has 0 aromatic carbocycles. The van der Waals surface area contributed by atoms with Crippen molar-refractivity contribution in [2.24, 2.45) is 5.41 Å². The monoisotopic (exact) mass is 261 g/mol. The summed E-state index contributed by atoms with van der Waals surface area (Å²) in [5.41, 5.74) is 0.277. The Morgan fingerprint density at radius 1 is 1.35 bits per heavy atom. The highest BCUT2D eigenvalue weighted by Crippen LogP contribution is 2.29. The Labute approximate surface area is 104 Å². The maximum absolute atomic E-state index is 11.5. The molecule has 0 spiro atoms. The zero-order valence-electron chi connectivity index (χ0n) is 10.6. The zero-order valence-corrected chi connectivity index (χ0v) is 11.4. The second kappa shape index (κ2) is 5.24. The average molecular weight is 261 g/mol. The Hall–Kier alpha value is -0.130. The Bertz CT molecular complexity index is 347. The summed E-state index contributed by atoms with van der Waals surface area (Å²) >= 11 is 0. The lowest BCUT2D eigenvalue weighted by atomic mass is 9.82. The molecule has 100 valence electrons. The van der Waals surface area contributed by atoms with Crippen molar-refractivity contribution < 1.29 is 13.2 Å². The van der Waals surface area contributed by atoms with Crippen LogP contribution in [-0.2, 0) is 14.6 Å². The van der Waals surface area contributed by atoms with Crippen LogP contribution in [0.2, 0.25) is 0 Å². The minimum absolute atomic E-state index is 0.161. The molecule has 0 bridgehead atoms. The van der Waals surface area contributed by atoms with Gasteiger partial charge in [0.2, 0.25) is 0 Å². The molecule has 1 atom stereocenters. The minimum Gasteiger partial charge on any atom is -0.381 e. The molecule has 0 radical (unpaired) electrons. The maximum Gasteiger partial charge on any atom is 0.151 e. The van der Waals surface area contributed by atoms with Gasteiger partial charge >= 0.3 is 0 Å². The first-order chi connectivity index (χ1) is 7.99. The molecule has 2 saturated heterocycles. The van der Waals surface area contributed by atoms with Gasteiger partial charge in [-0.1, -0.05) is 6.92 Å². The van der Waals surface area contributed by atoms with E-state index < -0.39 is 9.84 Å². The van der Waals surface area contributed by atoms with Crippen molar-refractivity contribution in [2.45, 2.75) is 38.6 Å². The van der Waals surface area contributed by atoms with E-state index in [9.17, 15) is 8.42 Å². The van der Waals surface area contributed by atoms with Crippen LogP contribution in [0.5, 0.6) is 0 Å². The van der Waals surface area contributed by atoms with Crippen LogP contribution in [0.4, 0.5) is 0 Å². The van der Waals surface area contributed by atoms with Crippen LogP contribution < -0.4 is 5.32 Å². The standard InChI is InChI=1S/C12H23NO3S/c1-12(4-6-16-7-5-12)10-13-11-3-2-8-17(14,15)9-11/h11,13H,2-10H2,1H3. The van der Waals surface area contributed by atoms with Crippen LogP contribution in [0.15, 0.2) is 0 Å². The molecule has 2 aliphatic heterocycles. The van der Waals surface area contributed by atoms with E-state index in [1.165, 1.54) is 0 Å². The average Bonchev–Trinajstić information content (AvgIpc) is 2.26. The van der Waals surface area contributed by atoms with Crippen LogP contribution in [0.25, 0.3) is 0 Å². The fraction of sp³-hybridized carbons (Fsp3) is 1.00. The van der Waals surface area contributed by atoms with E-state index in [1.807, 2.05) is 0 Å². The molecule has 1 unspecified atom stereocenters. The lowest BCUT2D eigenvalue weighted by Crippen LogP contribution is -2.46. The maximum atomic E-state index is 11.5. The van der Waals surface area contributed by atoms with Crippen LogP contribution in [0.1, 0.15) is 32.6 Å². The van der Waals surface area contributed by atoms with E-state index in [2.05, 4.69) is 12.2 Å². The third-order valence-electron chi connectivity index (χ3n) is 3.98. The summed E-state index contributed by atoms with van der Waals surface area (Å²) in [6.07, 6.45) is 3.94. The third kappa shape index (κ3) is 3.93. The number of nitrogens with one attached hydrogen (secondary N) is 1. The van der Waals surface area contributed by atoms with E-state index >= 15 is 0 Å². The van der Waals surface area contributed by atoms with Crippen molar-refractivity contribution in [2.75, 3.05) is 31.3 Å². The first-order valence-corrected chi connectivity index (χ1v) is 8.33. The Morgan fingerprint density at radius 2 is 2.06 bits per heavy atom. The van der Waals surface area contributed by atoms with Gasteiger partial charge in [0.1, 0.15) is 0 Å². The second-order valence-electron chi connectivity index (χ2n) is 5.76. The lowest BCUT2D eigenvalue weighted by Gasteiger charge is -2.35. The topological polar surface area (TPSA) is 55.4 Å². The van der Waals surface area contributed by atoms with Crippen LogP contribution >= 0.6 is 0 Å². The number of sulfone groups is 1. The molecule has 0 saturated carbocycles. The molecule has 4 nitrogen and oxygen atoms in total. The SMILES string of the molecule is CC1(CNC2CCCS(=O)(=O)C2)CCOCC1. The zero-order chi connectivity index (χ0) is 12.4. The smallest absolute Gasteiger partial charge is 0.151 e. The normalized spacial score (nSPS) is 32.2. The first kappa shape index (κ1) is 13.3. The van der Waals surface area contributed by atoms with Crippen LogP contribution in [-0.4, -0.2) is 45.7 Å². The fourth-order valence-corrected chi connectivity index (χ4v) is 4.29. The van der Waals surface area contributed by atoms with Crippen LogP contribution in [0.3, 0.4) is 0 Å². The molecule has 17 heavy (non-hydrogen) atoms. The van der Waals surface area contributed by atoms with Gasteiger partial charge in [0.05, 0.1) is 11.5 Å². The van der Waals surface area contributed by atoms with Crippen molar-refractivity contribution in [1.82, 2.24) is 5.32 Å². The Morgan fingerprint density at radius 3 is 2.71 bits per heavy atom. The minimum atomic E-state index is -2.79. The van der Waals surface area contributed by atoms with Crippen molar-refractivity contribution in [3.8, 4) is 0 Å². The highest BCUT2D eigenvalue weighted by atomic mass is 32.2. The summed E-state index contributed by atoms with van der Waals surface area (Å²) in [5, 5.41) is 3.45. The molecular weight excluding hydrogens is 238 g/mol. The molecule has 0 aromatic rings. The van der Waals surface area contributed by atoms with Gasteiger partial charge in [-0.3, -0.25) is 0 Å². The van der Waals surface area contributed by atoms with E-state index in [0.717, 1.165) is 45.4 Å². The van der Waals surface area contributed by atoms with Gasteiger partial charge in [0.15, 0.2) is 9.84 Å². The molecule has 2 aliphatic rings. The summed E-state index contributed by atoms with van der Waals surface area (Å²) in [5.74, 6) is 0.690. The Balaban J connectivity index is 1.81. The van der Waals surface area contributed by atoms with E-state index in [1.54, 1.807) is 0 Å². The molecule has 1 N–H and O–H groups in total. The van der Waals surface area contributed by atoms with Gasteiger partial charge in [-0.25, -0.2) is 8.42 Å². The molecule has 0 aromatic heterocycles. The highest BCUT2D eigenvalue weighted by molar-refractivity contribution is 7.91. The molecule has 0 amide bonds. The van der Waals surface area contributed by atoms with Gasteiger partial charge < -0.3 is 10.1 Å². The summed E-state index contributed by atoms with van der Waals surface area (Å²) in [6, 6.07) is 0.161. The van der Waals surface area contributed by atoms with Crippen molar-refractivity contribution in [3.63, 3.8) is 0 Å². The van der Waals surface area contributed by atoms with Gasteiger partial charge in [-0.2, -0.15) is 0 Å². The van der Waals surface area contributed by atoms with Gasteiger partial charge in [0, 0.05) is 25.8 Å². The summed E-state index contributed by atoms with van der Waals surface area (Å²) in [4.78, 5) is 0. The first-order valence-electron chi connectivity index (χ1n) is 6.51. The van der Waals surface area contributed by atoms with E-state index in [-0.39, 0.29) is 11.5 Å². The van der Waals surface area contributed by atoms with Gasteiger partial charge in [0.25, 0.3) is 0 Å². The van der Waals surface area contributed by atoms with E-state index in [0.29, 0.717) is 11.5 Å². The largest absolute Gasteiger partial charge is 0.381 e. The summed E-state index contributed by atoms with van der Waals surface area (Å²) in [7, 11) is -2.79. The number of ether oxygens (including phenoxy) is 1. The molecule has 2 heterocycles. The number of hydrogen-bond acceptors (Lipinski definition) is 4. The third-order valence-corrected chi connectivity index (χ3v) is 5.80. The number of rotatable bonds is 3. The predicted octanol–water partition coefficient (Wildman–Crippen LogP) is 0.970. The molecule has 2 rings (SSSR count). The quantitative estimate of drug-likeness (QED) is 0.822. The second-order valence-corrected chi connectivity index (χ2v) is 7.99. The molecule has 0 aliphatic carbocycles. The molecule has 5 heteroatoms. The highest BCUT2D eigenvalue weighted by Gasteiger charge is 2.30. The predicted molar refractivity (Wildman–Crippen MR) is 67.8 cm³/mol. The van der Waals surface area contributed by atoms with Crippen molar-refractivity contribution >= 4 is 9.84 Å². The van der Waals surface area contributed by atoms with Crippen LogP contribution in [0, 0.1) is 5.41 Å². The fourth-order valence-electron chi connectivity index (χ4n) is 2.62. The van der Waals surface area contributed by atoms with Crippen molar-refractivity contribution in [3.05, 3.63) is 0 Å². The molecular formula is C12H23NO3S. The Kier molecular flexibility index (Phi) is 4.10. The van der Waals surface area contributed by atoms with E-state index in [4.69, 9.17) is 4.74 Å². The van der Waals surface area contributed by atoms with Crippen molar-refractivity contribution in [1.29, 1.82) is 0 Å². The van der Waals surface area contributed by atoms with Gasteiger partial charge in [-0.15, -0.1) is 0 Å². The molecule has 2 fully saturated rings. The summed E-state index contributed by atoms with van der Waals surface area (Å²) < 4.78 is 28.4. The lowest BCUT2D eigenvalue weighted by molar-refractivity contribution is 0.0230. The van der Waals surface area contributed by atoms with Gasteiger partial charge in [-0.05, 0) is 31.1 Å².